The molecular formula is C31H40BrN3O8S2Si. The van der Waals surface area contributed by atoms with Gasteiger partial charge in [-0.05, 0) is 52.1 Å². The summed E-state index contributed by atoms with van der Waals surface area (Å²) in [6.45, 7) is 13.1. The van der Waals surface area contributed by atoms with Gasteiger partial charge in [0.1, 0.15) is 17.5 Å². The number of thioether (sulfide) groups is 1. The minimum atomic E-state index is -2.42. The maximum absolute atomic E-state index is 13.1. The molecule has 250 valence electrons. The van der Waals surface area contributed by atoms with Crippen LogP contribution in [0.15, 0.2) is 40.2 Å². The van der Waals surface area contributed by atoms with Crippen molar-refractivity contribution in [3.63, 3.8) is 0 Å². The number of esters is 2. The number of carbonyl (C=O) groups excluding carboxylic acids is 2. The van der Waals surface area contributed by atoms with E-state index in [2.05, 4.69) is 67.0 Å². The Hall–Kier alpha value is -3.14. The number of methoxy groups -OCH3 is 3. The first-order chi connectivity index (χ1) is 21.6. The Kier molecular flexibility index (Phi) is 12.7. The van der Waals surface area contributed by atoms with Crippen LogP contribution >= 0.6 is 39.0 Å². The van der Waals surface area contributed by atoms with Crippen LogP contribution in [0, 0.1) is 16.0 Å². The van der Waals surface area contributed by atoms with Crippen LogP contribution in [0.25, 0.3) is 11.3 Å². The fourth-order valence-electron chi connectivity index (χ4n) is 4.41. The summed E-state index contributed by atoms with van der Waals surface area (Å²) in [5.41, 5.74) is 2.23. The summed E-state index contributed by atoms with van der Waals surface area (Å²) < 4.78 is 23.1. The van der Waals surface area contributed by atoms with Crippen molar-refractivity contribution in [2.24, 2.45) is 5.92 Å². The number of nitrogens with one attached hydrogen (secondary N) is 1. The van der Waals surface area contributed by atoms with Crippen molar-refractivity contribution in [2.45, 2.75) is 57.6 Å². The summed E-state index contributed by atoms with van der Waals surface area (Å²) in [5, 5.41) is 16.3. The Balaban J connectivity index is 1.90. The van der Waals surface area contributed by atoms with E-state index in [4.69, 9.17) is 18.6 Å². The van der Waals surface area contributed by atoms with Gasteiger partial charge in [0.25, 0.3) is 14.0 Å². The van der Waals surface area contributed by atoms with Crippen LogP contribution in [-0.4, -0.2) is 63.3 Å². The van der Waals surface area contributed by atoms with Gasteiger partial charge in [-0.25, -0.2) is 14.6 Å². The first-order valence-electron chi connectivity index (χ1n) is 14.4. The van der Waals surface area contributed by atoms with E-state index >= 15 is 0 Å². The van der Waals surface area contributed by atoms with E-state index < -0.39 is 31.2 Å². The number of benzene rings is 2. The Labute approximate surface area is 287 Å². The number of halogens is 1. The average molecular weight is 755 g/mol. The van der Waals surface area contributed by atoms with Crippen LogP contribution in [-0.2, 0) is 20.0 Å². The molecular weight excluding hydrogens is 714 g/mol. The SMILES string of the molecule is COC(=O)c1c(Br)c(OC)cc(O[Si](C)(C)C(C)(C)C(C)C)c1CSC[C@H](Nc1nc(-c2ccc([N+](=O)[O-])cc2)cs1)C(=O)OC. The molecule has 0 amide bonds. The third kappa shape index (κ3) is 8.41. The lowest BCUT2D eigenvalue weighted by atomic mass is 9.99. The average Bonchev–Trinajstić information content (AvgIpc) is 3.49. The molecule has 3 rings (SSSR count). The number of hydrogen-bond acceptors (Lipinski definition) is 12. The van der Waals surface area contributed by atoms with Crippen molar-refractivity contribution < 1.29 is 33.1 Å². The van der Waals surface area contributed by atoms with Crippen LogP contribution < -0.4 is 14.5 Å². The van der Waals surface area contributed by atoms with Gasteiger partial charge in [0.2, 0.25) is 0 Å². The maximum Gasteiger partial charge on any atom is 0.339 e. The molecule has 0 fully saturated rings. The fourth-order valence-corrected chi connectivity index (χ4v) is 9.31. The highest BCUT2D eigenvalue weighted by atomic mass is 79.9. The van der Waals surface area contributed by atoms with Gasteiger partial charge in [0, 0.05) is 46.2 Å². The number of anilines is 1. The smallest absolute Gasteiger partial charge is 0.339 e. The van der Waals surface area contributed by atoms with E-state index in [1.165, 1.54) is 56.6 Å². The predicted molar refractivity (Wildman–Crippen MR) is 189 cm³/mol. The number of nitrogens with zero attached hydrogens (tertiary/aromatic N) is 2. The molecule has 0 saturated heterocycles. The fraction of sp³-hybridized carbons (Fsp3) is 0.452. The second-order valence-electron chi connectivity index (χ2n) is 11.8. The molecule has 0 radical (unpaired) electrons. The van der Waals surface area contributed by atoms with Gasteiger partial charge < -0.3 is 24.0 Å². The van der Waals surface area contributed by atoms with Crippen molar-refractivity contribution in [1.82, 2.24) is 4.98 Å². The molecule has 0 spiro atoms. The maximum atomic E-state index is 13.1. The lowest BCUT2D eigenvalue weighted by molar-refractivity contribution is -0.384. The monoisotopic (exact) mass is 753 g/mol. The van der Waals surface area contributed by atoms with E-state index in [0.29, 0.717) is 55.2 Å². The Morgan fingerprint density at radius 3 is 2.33 bits per heavy atom. The number of non-ortho nitro benzene ring substituents is 1. The molecule has 0 aliphatic heterocycles. The zero-order valence-corrected chi connectivity index (χ0v) is 31.6. The molecule has 0 bridgehead atoms. The molecule has 0 aliphatic carbocycles. The molecule has 1 N–H and O–H groups in total. The largest absolute Gasteiger partial charge is 0.543 e. The van der Waals surface area contributed by atoms with Gasteiger partial charge in [0.05, 0.1) is 42.0 Å². The standard InChI is InChI=1S/C31H40BrN3O8S2Si/c1-18(2)31(3,4)46(8,9)43-24-14-25(40-5)27(32)26(29(37)42-7)21(24)15-44-16-23(28(36)41-6)34-30-33-22(17-45-30)19-10-12-20(13-11-19)35(38)39/h10-14,17-18,23H,15-16H2,1-9H3,(H,33,34)/t23-/m0/s1. The number of aromatic nitrogens is 1. The van der Waals surface area contributed by atoms with E-state index in [1.807, 2.05) is 0 Å². The van der Waals surface area contributed by atoms with Gasteiger partial charge in [-0.2, -0.15) is 11.8 Å². The highest BCUT2D eigenvalue weighted by Gasteiger charge is 2.45. The summed E-state index contributed by atoms with van der Waals surface area (Å²) in [6, 6.07) is 7.13. The first kappa shape index (κ1) is 37.3. The molecule has 1 atom stereocenters. The summed E-state index contributed by atoms with van der Waals surface area (Å²) in [4.78, 5) is 41.1. The Morgan fingerprint density at radius 1 is 1.13 bits per heavy atom. The van der Waals surface area contributed by atoms with Crippen molar-refractivity contribution in [1.29, 1.82) is 0 Å². The predicted octanol–water partition coefficient (Wildman–Crippen LogP) is 8.18. The molecule has 2 aromatic carbocycles. The minimum absolute atomic E-state index is 0.0116. The van der Waals surface area contributed by atoms with Crippen LogP contribution in [0.3, 0.4) is 0 Å². The molecule has 0 aliphatic rings. The van der Waals surface area contributed by atoms with Gasteiger partial charge in [-0.15, -0.1) is 11.3 Å². The molecule has 15 heteroatoms. The van der Waals surface area contributed by atoms with Gasteiger partial charge in [0.15, 0.2) is 5.13 Å². The third-order valence-corrected chi connectivity index (χ3v) is 15.5. The Bertz CT molecular complexity index is 1560. The molecule has 3 aromatic rings. The third-order valence-electron chi connectivity index (χ3n) is 8.46. The quantitative estimate of drug-likeness (QED) is 0.0696. The number of rotatable bonds is 15. The number of nitro groups is 1. The lowest BCUT2D eigenvalue weighted by Crippen LogP contribution is -2.48. The number of carbonyl (C=O) groups is 2. The second kappa shape index (κ2) is 15.6. The van der Waals surface area contributed by atoms with E-state index in [0.717, 1.165) is 0 Å². The van der Waals surface area contributed by atoms with Crippen molar-refractivity contribution >= 4 is 70.1 Å². The highest BCUT2D eigenvalue weighted by molar-refractivity contribution is 9.10. The summed E-state index contributed by atoms with van der Waals surface area (Å²) >= 11 is 6.25. The van der Waals surface area contributed by atoms with Gasteiger partial charge >= 0.3 is 11.9 Å². The second-order valence-corrected chi connectivity index (χ2v) is 19.0. The molecule has 1 aromatic heterocycles. The number of nitro benzene ring substituents is 1. The number of thiazole rings is 1. The first-order valence-corrected chi connectivity index (χ1v) is 20.1. The summed E-state index contributed by atoms with van der Waals surface area (Å²) in [6.07, 6.45) is 0. The molecule has 0 saturated carbocycles. The lowest BCUT2D eigenvalue weighted by Gasteiger charge is -2.43. The van der Waals surface area contributed by atoms with Crippen LogP contribution in [0.1, 0.15) is 43.6 Å². The zero-order chi connectivity index (χ0) is 34.4. The topological polar surface area (TPSA) is 139 Å². The molecule has 11 nitrogen and oxygen atoms in total. The number of ether oxygens (including phenoxy) is 3. The molecule has 0 unspecified atom stereocenters. The summed E-state index contributed by atoms with van der Waals surface area (Å²) in [5.74, 6) is 0.900. The van der Waals surface area contributed by atoms with Gasteiger partial charge in [-0.3, -0.25) is 10.1 Å². The normalized spacial score (nSPS) is 12.4. The highest BCUT2D eigenvalue weighted by Crippen LogP contribution is 2.47. The van der Waals surface area contributed by atoms with Crippen molar-refractivity contribution in [3.05, 3.63) is 61.4 Å². The van der Waals surface area contributed by atoms with Crippen LogP contribution in [0.5, 0.6) is 11.5 Å². The molecule has 1 heterocycles. The molecule has 46 heavy (non-hydrogen) atoms. The minimum Gasteiger partial charge on any atom is -0.543 e. The zero-order valence-electron chi connectivity index (χ0n) is 27.4. The van der Waals surface area contributed by atoms with Crippen molar-refractivity contribution in [2.75, 3.05) is 32.4 Å². The number of hydrogen-bond donors (Lipinski definition) is 1. The van der Waals surface area contributed by atoms with E-state index in [9.17, 15) is 19.7 Å². The summed E-state index contributed by atoms with van der Waals surface area (Å²) in [7, 11) is 1.75. The van der Waals surface area contributed by atoms with Crippen molar-refractivity contribution in [3.8, 4) is 22.8 Å². The van der Waals surface area contributed by atoms with Gasteiger partial charge in [-0.1, -0.05) is 27.7 Å². The Morgan fingerprint density at radius 2 is 1.78 bits per heavy atom. The van der Waals surface area contributed by atoms with E-state index in [-0.39, 0.29) is 16.5 Å². The van der Waals surface area contributed by atoms with Crippen LogP contribution in [0.2, 0.25) is 18.1 Å². The van der Waals surface area contributed by atoms with E-state index in [1.54, 1.807) is 23.6 Å². The van der Waals surface area contributed by atoms with Crippen LogP contribution in [0.4, 0.5) is 10.8 Å².